The van der Waals surface area contributed by atoms with Gasteiger partial charge in [-0.2, -0.15) is 0 Å². The number of amides is 1. The number of benzene rings is 3. The van der Waals surface area contributed by atoms with Crippen LogP contribution in [0.4, 0.5) is 5.69 Å². The molecular weight excluding hydrogens is 332 g/mol. The fraction of sp³-hybridized carbons (Fsp3) is 0.190. The van der Waals surface area contributed by atoms with Gasteiger partial charge in [-0.05, 0) is 54.4 Å². The van der Waals surface area contributed by atoms with Gasteiger partial charge in [0.05, 0.1) is 6.04 Å². The minimum absolute atomic E-state index is 0.0506. The molecular formula is C21H21ClN2O. The van der Waals surface area contributed by atoms with E-state index in [4.69, 9.17) is 11.6 Å². The summed E-state index contributed by atoms with van der Waals surface area (Å²) in [5.41, 5.74) is 1.89. The molecule has 0 aliphatic heterocycles. The molecule has 3 rings (SSSR count). The van der Waals surface area contributed by atoms with E-state index in [0.29, 0.717) is 5.02 Å². The van der Waals surface area contributed by atoms with E-state index in [1.165, 1.54) is 0 Å². The van der Waals surface area contributed by atoms with Gasteiger partial charge in [-0.25, -0.2) is 0 Å². The largest absolute Gasteiger partial charge is 0.325 e. The highest BCUT2D eigenvalue weighted by atomic mass is 35.5. The minimum Gasteiger partial charge on any atom is -0.325 e. The van der Waals surface area contributed by atoms with Crippen molar-refractivity contribution >= 4 is 34.0 Å². The number of anilines is 1. The number of hydrogen-bond acceptors (Lipinski definition) is 2. The van der Waals surface area contributed by atoms with Crippen LogP contribution in [0.1, 0.15) is 25.5 Å². The quantitative estimate of drug-likeness (QED) is 0.665. The summed E-state index contributed by atoms with van der Waals surface area (Å²) in [6, 6.07) is 21.4. The Bertz CT molecular complexity index is 876. The number of halogens is 1. The third-order valence-corrected chi connectivity index (χ3v) is 4.53. The number of carbonyl (C=O) groups is 1. The molecule has 0 aromatic heterocycles. The summed E-state index contributed by atoms with van der Waals surface area (Å²) < 4.78 is 0. The molecule has 0 bridgehead atoms. The van der Waals surface area contributed by atoms with Gasteiger partial charge < -0.3 is 5.32 Å². The number of rotatable bonds is 5. The number of nitrogens with one attached hydrogen (secondary N) is 2. The molecule has 0 fully saturated rings. The van der Waals surface area contributed by atoms with E-state index < -0.39 is 0 Å². The summed E-state index contributed by atoms with van der Waals surface area (Å²) in [7, 11) is 0. The molecule has 0 radical (unpaired) electrons. The van der Waals surface area contributed by atoms with Gasteiger partial charge in [0.25, 0.3) is 0 Å². The lowest BCUT2D eigenvalue weighted by molar-refractivity contribution is -0.117. The lowest BCUT2D eigenvalue weighted by Gasteiger charge is -2.20. The molecule has 0 aliphatic carbocycles. The first-order chi connectivity index (χ1) is 12.0. The second kappa shape index (κ2) is 7.68. The van der Waals surface area contributed by atoms with E-state index in [1.54, 1.807) is 0 Å². The minimum atomic E-state index is -0.322. The van der Waals surface area contributed by atoms with Gasteiger partial charge in [0.15, 0.2) is 0 Å². The Morgan fingerprint density at radius 3 is 2.32 bits per heavy atom. The SMILES string of the molecule is C[C@H](N[C@@H](C)c1ccc(Cl)cc1)C(=O)Nc1ccc2ccccc2c1. The highest BCUT2D eigenvalue weighted by Crippen LogP contribution is 2.20. The summed E-state index contributed by atoms with van der Waals surface area (Å²) in [4.78, 5) is 12.5. The maximum Gasteiger partial charge on any atom is 0.241 e. The van der Waals surface area contributed by atoms with Crippen LogP contribution < -0.4 is 10.6 Å². The van der Waals surface area contributed by atoms with E-state index in [-0.39, 0.29) is 18.0 Å². The molecule has 0 unspecified atom stereocenters. The van der Waals surface area contributed by atoms with Crippen molar-refractivity contribution in [3.05, 3.63) is 77.3 Å². The van der Waals surface area contributed by atoms with Crippen molar-refractivity contribution in [1.29, 1.82) is 0 Å². The second-order valence-corrected chi connectivity index (χ2v) is 6.65. The van der Waals surface area contributed by atoms with Crippen LogP contribution in [0.25, 0.3) is 10.8 Å². The number of hydrogen-bond donors (Lipinski definition) is 2. The Labute approximate surface area is 153 Å². The molecule has 4 heteroatoms. The van der Waals surface area contributed by atoms with Crippen LogP contribution in [0.15, 0.2) is 66.7 Å². The topological polar surface area (TPSA) is 41.1 Å². The third-order valence-electron chi connectivity index (χ3n) is 4.28. The highest BCUT2D eigenvalue weighted by Gasteiger charge is 2.16. The maximum absolute atomic E-state index is 12.5. The first kappa shape index (κ1) is 17.5. The van der Waals surface area contributed by atoms with E-state index in [0.717, 1.165) is 22.0 Å². The van der Waals surface area contributed by atoms with Crippen molar-refractivity contribution in [2.75, 3.05) is 5.32 Å². The van der Waals surface area contributed by atoms with Crippen LogP contribution in [0.3, 0.4) is 0 Å². The average Bonchev–Trinajstić information content (AvgIpc) is 2.62. The molecule has 0 aliphatic rings. The summed E-state index contributed by atoms with van der Waals surface area (Å²) in [5, 5.41) is 9.26. The molecule has 0 heterocycles. The smallest absolute Gasteiger partial charge is 0.241 e. The average molecular weight is 353 g/mol. The van der Waals surface area contributed by atoms with Crippen LogP contribution >= 0.6 is 11.6 Å². The fourth-order valence-corrected chi connectivity index (χ4v) is 2.94. The molecule has 3 aromatic carbocycles. The summed E-state index contributed by atoms with van der Waals surface area (Å²) in [6.07, 6.45) is 0. The summed E-state index contributed by atoms with van der Waals surface area (Å²) in [6.45, 7) is 3.89. The van der Waals surface area contributed by atoms with Crippen LogP contribution in [-0.4, -0.2) is 11.9 Å². The Morgan fingerprint density at radius 1 is 0.920 bits per heavy atom. The third kappa shape index (κ3) is 4.38. The molecule has 128 valence electrons. The molecule has 25 heavy (non-hydrogen) atoms. The molecule has 1 amide bonds. The van der Waals surface area contributed by atoms with Crippen molar-refractivity contribution in [3.63, 3.8) is 0 Å². The lowest BCUT2D eigenvalue weighted by Crippen LogP contribution is -2.39. The van der Waals surface area contributed by atoms with Crippen molar-refractivity contribution in [2.24, 2.45) is 0 Å². The van der Waals surface area contributed by atoms with Crippen molar-refractivity contribution in [3.8, 4) is 0 Å². The normalized spacial score (nSPS) is 13.4. The molecule has 3 aromatic rings. The Hall–Kier alpha value is -2.36. The molecule has 0 saturated heterocycles. The first-order valence-electron chi connectivity index (χ1n) is 8.34. The lowest BCUT2D eigenvalue weighted by atomic mass is 10.1. The molecule has 3 nitrogen and oxygen atoms in total. The van der Waals surface area contributed by atoms with Crippen molar-refractivity contribution < 1.29 is 4.79 Å². The van der Waals surface area contributed by atoms with Gasteiger partial charge in [0.1, 0.15) is 0 Å². The van der Waals surface area contributed by atoms with E-state index in [9.17, 15) is 4.79 Å². The monoisotopic (exact) mass is 352 g/mol. The number of carbonyl (C=O) groups excluding carboxylic acids is 1. The summed E-state index contributed by atoms with van der Waals surface area (Å²) in [5.74, 6) is -0.0592. The number of fused-ring (bicyclic) bond motifs is 1. The Kier molecular flexibility index (Phi) is 5.37. The predicted octanol–water partition coefficient (Wildman–Crippen LogP) is 5.17. The van der Waals surface area contributed by atoms with Crippen LogP contribution in [-0.2, 0) is 4.79 Å². The molecule has 2 N–H and O–H groups in total. The van der Waals surface area contributed by atoms with Gasteiger partial charge in [-0.3, -0.25) is 10.1 Å². The Morgan fingerprint density at radius 2 is 1.60 bits per heavy atom. The van der Waals surface area contributed by atoms with Gasteiger partial charge in [-0.15, -0.1) is 0 Å². The van der Waals surface area contributed by atoms with E-state index in [2.05, 4.69) is 16.7 Å². The van der Waals surface area contributed by atoms with Crippen LogP contribution in [0, 0.1) is 0 Å². The maximum atomic E-state index is 12.5. The molecule has 0 saturated carbocycles. The fourth-order valence-electron chi connectivity index (χ4n) is 2.82. The zero-order valence-corrected chi connectivity index (χ0v) is 15.0. The zero-order chi connectivity index (χ0) is 17.8. The van der Waals surface area contributed by atoms with Crippen LogP contribution in [0.5, 0.6) is 0 Å². The van der Waals surface area contributed by atoms with E-state index >= 15 is 0 Å². The first-order valence-corrected chi connectivity index (χ1v) is 8.72. The van der Waals surface area contributed by atoms with Crippen molar-refractivity contribution in [2.45, 2.75) is 25.9 Å². The van der Waals surface area contributed by atoms with E-state index in [1.807, 2.05) is 74.5 Å². The van der Waals surface area contributed by atoms with Gasteiger partial charge in [0, 0.05) is 16.8 Å². The van der Waals surface area contributed by atoms with Gasteiger partial charge >= 0.3 is 0 Å². The highest BCUT2D eigenvalue weighted by molar-refractivity contribution is 6.30. The standard InChI is InChI=1S/C21H21ClN2O/c1-14(16-7-10-19(22)11-8-16)23-15(2)21(25)24-20-12-9-17-5-3-4-6-18(17)13-20/h3-15,23H,1-2H3,(H,24,25)/t14-,15-/m0/s1. The Balaban J connectivity index is 1.64. The van der Waals surface area contributed by atoms with Gasteiger partial charge in [-0.1, -0.05) is 54.1 Å². The van der Waals surface area contributed by atoms with Gasteiger partial charge in [0.2, 0.25) is 5.91 Å². The second-order valence-electron chi connectivity index (χ2n) is 6.21. The zero-order valence-electron chi connectivity index (χ0n) is 14.3. The van der Waals surface area contributed by atoms with Crippen LogP contribution in [0.2, 0.25) is 5.02 Å². The summed E-state index contributed by atoms with van der Waals surface area (Å²) >= 11 is 5.92. The van der Waals surface area contributed by atoms with Crippen molar-refractivity contribution in [1.82, 2.24) is 5.32 Å². The predicted molar refractivity (Wildman–Crippen MR) is 105 cm³/mol. The molecule has 0 spiro atoms. The molecule has 2 atom stereocenters.